The number of hydrogen-bond donors (Lipinski definition) is 2. The number of anilines is 1. The first-order valence-electron chi connectivity index (χ1n) is 8.84. The number of fused-ring (bicyclic) bond motifs is 1. The standard InChI is InChI=1S/C19H24N6/c1-12-9-20-19-17(12)24-16(10-21-19)15-7-6-13(2)22-18(15)23-14-5-4-8-25(3)11-14/h6-7,9-10,14H,4-5,8,11H2,1-3H3,(H,20,21)(H,22,23). The van der Waals surface area contributed by atoms with Crippen molar-refractivity contribution in [2.24, 2.45) is 0 Å². The Morgan fingerprint density at radius 2 is 2.12 bits per heavy atom. The molecule has 1 aliphatic rings. The molecule has 3 aromatic rings. The number of aromatic nitrogens is 4. The molecule has 2 N–H and O–H groups in total. The van der Waals surface area contributed by atoms with Crippen LogP contribution in [0.25, 0.3) is 22.4 Å². The van der Waals surface area contributed by atoms with Gasteiger partial charge in [-0.25, -0.2) is 15.0 Å². The molecule has 4 heterocycles. The van der Waals surface area contributed by atoms with Crippen molar-refractivity contribution in [3.8, 4) is 11.3 Å². The van der Waals surface area contributed by atoms with E-state index in [0.717, 1.165) is 46.0 Å². The van der Waals surface area contributed by atoms with Crippen molar-refractivity contribution in [2.45, 2.75) is 32.7 Å². The molecule has 25 heavy (non-hydrogen) atoms. The van der Waals surface area contributed by atoms with Crippen LogP contribution in [0.4, 0.5) is 5.82 Å². The maximum Gasteiger partial charge on any atom is 0.156 e. The molecular formula is C19H24N6. The quantitative estimate of drug-likeness (QED) is 0.769. The fourth-order valence-electron chi connectivity index (χ4n) is 3.50. The van der Waals surface area contributed by atoms with Gasteiger partial charge in [-0.1, -0.05) is 0 Å². The van der Waals surface area contributed by atoms with Crippen molar-refractivity contribution in [2.75, 3.05) is 25.5 Å². The smallest absolute Gasteiger partial charge is 0.156 e. The van der Waals surface area contributed by atoms with E-state index in [0.29, 0.717) is 6.04 Å². The molecule has 1 atom stereocenters. The van der Waals surface area contributed by atoms with Gasteiger partial charge < -0.3 is 15.2 Å². The fraction of sp³-hybridized carbons (Fsp3) is 0.421. The first-order valence-corrected chi connectivity index (χ1v) is 8.84. The van der Waals surface area contributed by atoms with Crippen molar-refractivity contribution in [1.82, 2.24) is 24.8 Å². The first-order chi connectivity index (χ1) is 12.1. The maximum absolute atomic E-state index is 4.82. The number of likely N-dealkylation sites (N-methyl/N-ethyl adjacent to an activating group) is 1. The van der Waals surface area contributed by atoms with Gasteiger partial charge in [-0.05, 0) is 58.0 Å². The van der Waals surface area contributed by atoms with Gasteiger partial charge in [0.25, 0.3) is 0 Å². The molecule has 3 aromatic heterocycles. The predicted molar refractivity (Wildman–Crippen MR) is 101 cm³/mol. The zero-order valence-corrected chi connectivity index (χ0v) is 15.0. The Kier molecular flexibility index (Phi) is 4.13. The third-order valence-corrected chi connectivity index (χ3v) is 4.85. The minimum atomic E-state index is 0.414. The summed E-state index contributed by atoms with van der Waals surface area (Å²) < 4.78 is 0. The number of piperidine rings is 1. The molecule has 130 valence electrons. The molecule has 0 saturated carbocycles. The molecule has 6 nitrogen and oxygen atoms in total. The summed E-state index contributed by atoms with van der Waals surface area (Å²) in [6, 6.07) is 4.54. The van der Waals surface area contributed by atoms with Crippen LogP contribution in [0, 0.1) is 13.8 Å². The van der Waals surface area contributed by atoms with Gasteiger partial charge in [0.15, 0.2) is 5.65 Å². The molecular weight excluding hydrogens is 312 g/mol. The van der Waals surface area contributed by atoms with E-state index in [1.807, 2.05) is 32.3 Å². The number of aromatic amines is 1. The molecule has 0 spiro atoms. The number of H-pyrrole nitrogens is 1. The van der Waals surface area contributed by atoms with E-state index in [1.54, 1.807) is 0 Å². The highest BCUT2D eigenvalue weighted by Gasteiger charge is 2.19. The Morgan fingerprint density at radius 3 is 2.96 bits per heavy atom. The zero-order chi connectivity index (χ0) is 17.4. The third-order valence-electron chi connectivity index (χ3n) is 4.85. The Morgan fingerprint density at radius 1 is 1.24 bits per heavy atom. The van der Waals surface area contributed by atoms with Crippen molar-refractivity contribution < 1.29 is 0 Å². The second kappa shape index (κ2) is 6.44. The summed E-state index contributed by atoms with van der Waals surface area (Å²) in [7, 11) is 2.17. The lowest BCUT2D eigenvalue weighted by Gasteiger charge is -2.31. The van der Waals surface area contributed by atoms with Crippen LogP contribution in [-0.2, 0) is 0 Å². The second-order valence-corrected chi connectivity index (χ2v) is 7.02. The molecule has 1 fully saturated rings. The highest BCUT2D eigenvalue weighted by molar-refractivity contribution is 5.80. The van der Waals surface area contributed by atoms with E-state index >= 15 is 0 Å². The molecule has 6 heteroatoms. The van der Waals surface area contributed by atoms with Crippen molar-refractivity contribution in [3.63, 3.8) is 0 Å². The summed E-state index contributed by atoms with van der Waals surface area (Å²) in [5.74, 6) is 0.905. The zero-order valence-electron chi connectivity index (χ0n) is 15.0. The normalized spacial score (nSPS) is 18.6. The van der Waals surface area contributed by atoms with Gasteiger partial charge in [0.2, 0.25) is 0 Å². The minimum Gasteiger partial charge on any atom is -0.365 e. The maximum atomic E-state index is 4.82. The fourth-order valence-corrected chi connectivity index (χ4v) is 3.50. The number of rotatable bonds is 3. The molecule has 4 rings (SSSR count). The number of nitrogens with one attached hydrogen (secondary N) is 2. The summed E-state index contributed by atoms with van der Waals surface area (Å²) in [5.41, 5.74) is 5.71. The Hall–Kier alpha value is -2.47. The number of likely N-dealkylation sites (tertiary alicyclic amines) is 1. The van der Waals surface area contributed by atoms with Crippen molar-refractivity contribution in [3.05, 3.63) is 35.8 Å². The molecule has 0 bridgehead atoms. The Labute approximate surface area is 147 Å². The van der Waals surface area contributed by atoms with Crippen LogP contribution >= 0.6 is 0 Å². The number of aryl methyl sites for hydroxylation is 2. The summed E-state index contributed by atoms with van der Waals surface area (Å²) >= 11 is 0. The van der Waals surface area contributed by atoms with E-state index in [4.69, 9.17) is 9.97 Å². The number of pyridine rings is 1. The predicted octanol–water partition coefficient (Wildman–Crippen LogP) is 3.14. The van der Waals surface area contributed by atoms with Crippen LogP contribution in [0.15, 0.2) is 24.5 Å². The van der Waals surface area contributed by atoms with Crippen LogP contribution in [0.2, 0.25) is 0 Å². The topological polar surface area (TPSA) is 69.7 Å². The SMILES string of the molecule is Cc1ccc(-c2cnc3[nH]cc(C)c3n2)c(NC2CCCN(C)C2)n1. The summed E-state index contributed by atoms with van der Waals surface area (Å²) in [5, 5.41) is 3.65. The lowest BCUT2D eigenvalue weighted by Crippen LogP contribution is -2.40. The van der Waals surface area contributed by atoms with Gasteiger partial charge in [0.1, 0.15) is 11.3 Å². The number of nitrogens with zero attached hydrogens (tertiary/aromatic N) is 4. The van der Waals surface area contributed by atoms with Crippen LogP contribution in [0.3, 0.4) is 0 Å². The second-order valence-electron chi connectivity index (χ2n) is 7.02. The molecule has 1 aliphatic heterocycles. The van der Waals surface area contributed by atoms with Crippen molar-refractivity contribution in [1.29, 1.82) is 0 Å². The Balaban J connectivity index is 1.71. The van der Waals surface area contributed by atoms with Gasteiger partial charge in [0, 0.05) is 30.0 Å². The van der Waals surface area contributed by atoms with E-state index in [1.165, 1.54) is 19.4 Å². The minimum absolute atomic E-state index is 0.414. The average molecular weight is 336 g/mol. The summed E-state index contributed by atoms with van der Waals surface area (Å²) in [6.07, 6.45) is 6.15. The number of hydrogen-bond acceptors (Lipinski definition) is 5. The van der Waals surface area contributed by atoms with Crippen LogP contribution in [0.5, 0.6) is 0 Å². The van der Waals surface area contributed by atoms with Gasteiger partial charge in [0.05, 0.1) is 11.9 Å². The van der Waals surface area contributed by atoms with Crippen LogP contribution < -0.4 is 5.32 Å². The largest absolute Gasteiger partial charge is 0.365 e. The molecule has 0 radical (unpaired) electrons. The van der Waals surface area contributed by atoms with Crippen LogP contribution in [0.1, 0.15) is 24.1 Å². The van der Waals surface area contributed by atoms with Crippen LogP contribution in [-0.4, -0.2) is 51.0 Å². The van der Waals surface area contributed by atoms with Gasteiger partial charge in [-0.3, -0.25) is 0 Å². The molecule has 1 saturated heterocycles. The lowest BCUT2D eigenvalue weighted by atomic mass is 10.1. The molecule has 0 amide bonds. The van der Waals surface area contributed by atoms with E-state index < -0.39 is 0 Å². The molecule has 0 aliphatic carbocycles. The van der Waals surface area contributed by atoms with Gasteiger partial charge in [-0.2, -0.15) is 0 Å². The van der Waals surface area contributed by atoms with Gasteiger partial charge in [-0.15, -0.1) is 0 Å². The van der Waals surface area contributed by atoms with E-state index in [9.17, 15) is 0 Å². The highest BCUT2D eigenvalue weighted by atomic mass is 15.2. The lowest BCUT2D eigenvalue weighted by molar-refractivity contribution is 0.261. The van der Waals surface area contributed by atoms with Crippen molar-refractivity contribution >= 4 is 17.0 Å². The summed E-state index contributed by atoms with van der Waals surface area (Å²) in [4.78, 5) is 19.6. The van der Waals surface area contributed by atoms with E-state index in [-0.39, 0.29) is 0 Å². The van der Waals surface area contributed by atoms with E-state index in [2.05, 4.69) is 33.3 Å². The summed E-state index contributed by atoms with van der Waals surface area (Å²) in [6.45, 7) is 6.27. The van der Waals surface area contributed by atoms with Gasteiger partial charge >= 0.3 is 0 Å². The average Bonchev–Trinajstić information content (AvgIpc) is 2.96. The first kappa shape index (κ1) is 16.0. The third kappa shape index (κ3) is 3.22. The monoisotopic (exact) mass is 336 g/mol. The highest BCUT2D eigenvalue weighted by Crippen LogP contribution is 2.28. The molecule has 0 aromatic carbocycles. The Bertz CT molecular complexity index is 900. The molecule has 1 unspecified atom stereocenters.